The number of amides is 1. The van der Waals surface area contributed by atoms with Gasteiger partial charge in [0.25, 0.3) is 5.91 Å². The van der Waals surface area contributed by atoms with Crippen molar-refractivity contribution in [3.8, 4) is 6.07 Å². The lowest BCUT2D eigenvalue weighted by Crippen LogP contribution is -2.38. The van der Waals surface area contributed by atoms with E-state index in [2.05, 4.69) is 6.07 Å². The van der Waals surface area contributed by atoms with Crippen LogP contribution in [0.15, 0.2) is 24.3 Å². The van der Waals surface area contributed by atoms with E-state index in [0.29, 0.717) is 18.0 Å². The second-order valence-electron chi connectivity index (χ2n) is 5.20. The van der Waals surface area contributed by atoms with Crippen molar-refractivity contribution in [1.82, 2.24) is 4.90 Å². The smallest absolute Gasteiger partial charge is 0.254 e. The van der Waals surface area contributed by atoms with Crippen molar-refractivity contribution in [3.63, 3.8) is 0 Å². The molecule has 0 saturated heterocycles. The van der Waals surface area contributed by atoms with E-state index in [1.807, 2.05) is 36.2 Å². The lowest BCUT2D eigenvalue weighted by Gasteiger charge is -2.31. The van der Waals surface area contributed by atoms with Gasteiger partial charge in [0.1, 0.15) is 0 Å². The summed E-state index contributed by atoms with van der Waals surface area (Å²) in [5.41, 5.74) is 1.51. The Bertz CT molecular complexity index is 484. The normalized spacial score (nSPS) is 15.8. The molecule has 1 aromatic rings. The van der Waals surface area contributed by atoms with E-state index in [9.17, 15) is 4.79 Å². The van der Waals surface area contributed by atoms with Gasteiger partial charge in [-0.2, -0.15) is 5.26 Å². The highest BCUT2D eigenvalue weighted by Gasteiger charge is 2.24. The largest absolute Gasteiger partial charge is 0.339 e. The molecule has 0 radical (unpaired) electrons. The molecule has 3 nitrogen and oxygen atoms in total. The molecule has 1 saturated carbocycles. The average Bonchev–Trinajstić information content (AvgIpc) is 2.47. The van der Waals surface area contributed by atoms with Crippen molar-refractivity contribution in [1.29, 1.82) is 5.26 Å². The first-order valence-corrected chi connectivity index (χ1v) is 6.96. The molecule has 0 N–H and O–H groups in total. The summed E-state index contributed by atoms with van der Waals surface area (Å²) in [5.74, 6) is 0.0535. The molecule has 1 aliphatic carbocycles. The fourth-order valence-corrected chi connectivity index (χ4v) is 2.79. The minimum absolute atomic E-state index is 0.0535. The summed E-state index contributed by atoms with van der Waals surface area (Å²) in [6.45, 7) is 0. The molecule has 0 unspecified atom stereocenters. The highest BCUT2D eigenvalue weighted by Crippen LogP contribution is 2.23. The SMILES string of the molecule is CN(C(=O)c1ccccc1CC#N)C1CCCCC1. The van der Waals surface area contributed by atoms with Crippen LogP contribution in [-0.4, -0.2) is 23.9 Å². The van der Waals surface area contributed by atoms with Gasteiger partial charge in [0.2, 0.25) is 0 Å². The molecular weight excluding hydrogens is 236 g/mol. The van der Waals surface area contributed by atoms with E-state index in [1.54, 1.807) is 0 Å². The van der Waals surface area contributed by atoms with Crippen LogP contribution in [0.1, 0.15) is 48.0 Å². The molecule has 0 atom stereocenters. The summed E-state index contributed by atoms with van der Waals surface area (Å²) in [4.78, 5) is 14.4. The Balaban J connectivity index is 2.16. The van der Waals surface area contributed by atoms with Gasteiger partial charge in [-0.25, -0.2) is 0 Å². The van der Waals surface area contributed by atoms with E-state index in [0.717, 1.165) is 18.4 Å². The quantitative estimate of drug-likeness (QED) is 0.833. The van der Waals surface area contributed by atoms with Crippen LogP contribution in [0.5, 0.6) is 0 Å². The lowest BCUT2D eigenvalue weighted by atomic mass is 9.93. The first-order valence-electron chi connectivity index (χ1n) is 6.96. The molecule has 1 aliphatic rings. The third kappa shape index (κ3) is 3.14. The van der Waals surface area contributed by atoms with E-state index in [1.165, 1.54) is 19.3 Å². The Labute approximate surface area is 114 Å². The highest BCUT2D eigenvalue weighted by atomic mass is 16.2. The van der Waals surface area contributed by atoms with Gasteiger partial charge in [-0.05, 0) is 24.5 Å². The standard InChI is InChI=1S/C16H20N2O/c1-18(14-8-3-2-4-9-14)16(19)15-10-6-5-7-13(15)11-12-17/h5-7,10,14H,2-4,8-9,11H2,1H3. The summed E-state index contributed by atoms with van der Waals surface area (Å²) in [7, 11) is 1.89. The molecule has 1 aromatic carbocycles. The topological polar surface area (TPSA) is 44.1 Å². The van der Waals surface area contributed by atoms with Crippen LogP contribution in [0, 0.1) is 11.3 Å². The Hall–Kier alpha value is -1.82. The summed E-state index contributed by atoms with van der Waals surface area (Å²) >= 11 is 0. The van der Waals surface area contributed by atoms with Crippen molar-refractivity contribution in [2.24, 2.45) is 0 Å². The van der Waals surface area contributed by atoms with Crippen LogP contribution in [0.4, 0.5) is 0 Å². The molecule has 100 valence electrons. The van der Waals surface area contributed by atoms with E-state index in [4.69, 9.17) is 5.26 Å². The van der Waals surface area contributed by atoms with E-state index in [-0.39, 0.29) is 5.91 Å². The number of nitrogens with zero attached hydrogens (tertiary/aromatic N) is 2. The predicted octanol–water partition coefficient (Wildman–Crippen LogP) is 3.16. The number of rotatable bonds is 3. The van der Waals surface area contributed by atoms with Crippen molar-refractivity contribution in [2.75, 3.05) is 7.05 Å². The molecule has 2 rings (SSSR count). The zero-order valence-electron chi connectivity index (χ0n) is 11.4. The Kier molecular flexibility index (Phi) is 4.57. The summed E-state index contributed by atoms with van der Waals surface area (Å²) < 4.78 is 0. The van der Waals surface area contributed by atoms with Crippen molar-refractivity contribution < 1.29 is 4.79 Å². The molecule has 0 spiro atoms. The molecule has 3 heteroatoms. The highest BCUT2D eigenvalue weighted by molar-refractivity contribution is 5.95. The zero-order chi connectivity index (χ0) is 13.7. The monoisotopic (exact) mass is 256 g/mol. The summed E-state index contributed by atoms with van der Waals surface area (Å²) in [6, 6.07) is 9.92. The third-order valence-electron chi connectivity index (χ3n) is 3.96. The molecule has 0 heterocycles. The zero-order valence-corrected chi connectivity index (χ0v) is 11.4. The summed E-state index contributed by atoms with van der Waals surface area (Å²) in [6.07, 6.45) is 6.19. The Morgan fingerprint density at radius 3 is 2.68 bits per heavy atom. The predicted molar refractivity (Wildman–Crippen MR) is 74.7 cm³/mol. The van der Waals surface area contributed by atoms with Crippen LogP contribution in [0.25, 0.3) is 0 Å². The van der Waals surface area contributed by atoms with Crippen LogP contribution in [0.3, 0.4) is 0 Å². The van der Waals surface area contributed by atoms with Crippen LogP contribution < -0.4 is 0 Å². The number of nitriles is 1. The first kappa shape index (κ1) is 13.6. The van der Waals surface area contributed by atoms with E-state index < -0.39 is 0 Å². The molecule has 0 aliphatic heterocycles. The first-order chi connectivity index (χ1) is 9.24. The minimum atomic E-state index is 0.0535. The van der Waals surface area contributed by atoms with Gasteiger partial charge in [-0.15, -0.1) is 0 Å². The Morgan fingerprint density at radius 2 is 2.00 bits per heavy atom. The third-order valence-corrected chi connectivity index (χ3v) is 3.96. The lowest BCUT2D eigenvalue weighted by molar-refractivity contribution is 0.0695. The van der Waals surface area contributed by atoms with Gasteiger partial charge in [-0.3, -0.25) is 4.79 Å². The fraction of sp³-hybridized carbons (Fsp3) is 0.500. The maximum atomic E-state index is 12.6. The number of hydrogen-bond acceptors (Lipinski definition) is 2. The van der Waals surface area contributed by atoms with Gasteiger partial charge < -0.3 is 4.90 Å². The molecule has 1 fully saturated rings. The van der Waals surface area contributed by atoms with Crippen LogP contribution in [0.2, 0.25) is 0 Å². The van der Waals surface area contributed by atoms with Crippen LogP contribution in [-0.2, 0) is 6.42 Å². The average molecular weight is 256 g/mol. The van der Waals surface area contributed by atoms with Gasteiger partial charge in [0.05, 0.1) is 12.5 Å². The number of benzene rings is 1. The minimum Gasteiger partial charge on any atom is -0.339 e. The number of hydrogen-bond donors (Lipinski definition) is 0. The van der Waals surface area contributed by atoms with Gasteiger partial charge in [0.15, 0.2) is 0 Å². The molecule has 0 bridgehead atoms. The van der Waals surface area contributed by atoms with Gasteiger partial charge in [-0.1, -0.05) is 37.5 Å². The second kappa shape index (κ2) is 6.38. The Morgan fingerprint density at radius 1 is 1.32 bits per heavy atom. The number of carbonyl (C=O) groups is 1. The molecule has 19 heavy (non-hydrogen) atoms. The van der Waals surface area contributed by atoms with E-state index >= 15 is 0 Å². The van der Waals surface area contributed by atoms with Crippen molar-refractivity contribution in [2.45, 2.75) is 44.6 Å². The molecular formula is C16H20N2O. The number of carbonyl (C=O) groups excluding carboxylic acids is 1. The van der Waals surface area contributed by atoms with Crippen molar-refractivity contribution in [3.05, 3.63) is 35.4 Å². The molecule has 1 amide bonds. The molecule has 0 aromatic heterocycles. The summed E-state index contributed by atoms with van der Waals surface area (Å²) in [5, 5.41) is 8.84. The maximum absolute atomic E-state index is 12.6. The van der Waals surface area contributed by atoms with Gasteiger partial charge >= 0.3 is 0 Å². The van der Waals surface area contributed by atoms with Crippen molar-refractivity contribution >= 4 is 5.91 Å². The van der Waals surface area contributed by atoms with Gasteiger partial charge in [0, 0.05) is 18.7 Å². The van der Waals surface area contributed by atoms with Crippen LogP contribution >= 0.6 is 0 Å². The maximum Gasteiger partial charge on any atom is 0.254 e. The fourth-order valence-electron chi connectivity index (χ4n) is 2.79. The second-order valence-corrected chi connectivity index (χ2v) is 5.20.